The molecule has 0 unspecified atom stereocenters. The van der Waals surface area contributed by atoms with Gasteiger partial charge in [0, 0.05) is 5.92 Å². The predicted octanol–water partition coefficient (Wildman–Crippen LogP) is 6.67. The van der Waals surface area contributed by atoms with E-state index in [0.29, 0.717) is 11.3 Å². The Morgan fingerprint density at radius 2 is 1.13 bits per heavy atom. The van der Waals surface area contributed by atoms with E-state index in [9.17, 15) is 0 Å². The Kier molecular flexibility index (Phi) is 4.90. The topological polar surface area (TPSA) is 0 Å². The summed E-state index contributed by atoms with van der Waals surface area (Å²) in [7, 11) is 0. The molecule has 1 fully saturated rings. The maximum absolute atomic E-state index is 2.41. The van der Waals surface area contributed by atoms with E-state index < -0.39 is 0 Å². The highest BCUT2D eigenvalue weighted by atomic mass is 14.4. The zero-order chi connectivity index (χ0) is 16.3. The van der Waals surface area contributed by atoms with Crippen LogP contribution >= 0.6 is 0 Å². The van der Waals surface area contributed by atoms with Crippen molar-refractivity contribution in [1.82, 2.24) is 0 Å². The van der Waals surface area contributed by atoms with Crippen LogP contribution in [0.15, 0.2) is 60.7 Å². The van der Waals surface area contributed by atoms with Gasteiger partial charge in [0.2, 0.25) is 0 Å². The fourth-order valence-corrected chi connectivity index (χ4v) is 4.38. The molecule has 3 rings (SSSR count). The van der Waals surface area contributed by atoms with Crippen molar-refractivity contribution >= 4 is 0 Å². The van der Waals surface area contributed by atoms with Gasteiger partial charge in [0.25, 0.3) is 0 Å². The first-order chi connectivity index (χ1) is 11.1. The van der Waals surface area contributed by atoms with Gasteiger partial charge in [-0.2, -0.15) is 0 Å². The highest BCUT2D eigenvalue weighted by molar-refractivity contribution is 5.33. The van der Waals surface area contributed by atoms with Gasteiger partial charge in [-0.3, -0.25) is 0 Å². The molecule has 0 nitrogen and oxygen atoms in total. The second kappa shape index (κ2) is 6.91. The van der Waals surface area contributed by atoms with Gasteiger partial charge < -0.3 is 0 Å². The van der Waals surface area contributed by atoms with Crippen LogP contribution in [0.25, 0.3) is 0 Å². The molecule has 0 N–H and O–H groups in total. The van der Waals surface area contributed by atoms with Crippen LogP contribution in [0.5, 0.6) is 0 Å². The molecule has 0 aromatic heterocycles. The maximum Gasteiger partial charge on any atom is 0.0118 e. The lowest BCUT2D eigenvalue weighted by Crippen LogP contribution is -2.28. The van der Waals surface area contributed by atoms with Crippen molar-refractivity contribution in [2.24, 2.45) is 17.3 Å². The van der Waals surface area contributed by atoms with Crippen LogP contribution in [0.2, 0.25) is 0 Å². The summed E-state index contributed by atoms with van der Waals surface area (Å²) in [5.74, 6) is 2.21. The summed E-state index contributed by atoms with van der Waals surface area (Å²) in [6, 6.07) is 22.3. The highest BCUT2D eigenvalue weighted by Crippen LogP contribution is 2.46. The third kappa shape index (κ3) is 3.86. The Balaban J connectivity index is 1.83. The van der Waals surface area contributed by atoms with Gasteiger partial charge in [-0.05, 0) is 54.1 Å². The van der Waals surface area contributed by atoms with Crippen molar-refractivity contribution in [3.8, 4) is 0 Å². The first-order valence-electron chi connectivity index (χ1n) is 9.15. The molecular weight excluding hydrogens is 276 g/mol. The minimum Gasteiger partial charge on any atom is -0.0622 e. The standard InChI is InChI=1S/C23H30/c1-23(2,3)21-16-14-20(15-17-21)22(18-10-6-4-7-11-18)19-12-8-5-9-13-19/h4-13,20-22H,14-17H2,1-3H3. The van der Waals surface area contributed by atoms with Gasteiger partial charge in [-0.25, -0.2) is 0 Å². The molecule has 2 aromatic rings. The van der Waals surface area contributed by atoms with Gasteiger partial charge in [0.05, 0.1) is 0 Å². The Bertz CT molecular complexity index is 543. The second-order valence-corrected chi connectivity index (χ2v) is 8.28. The van der Waals surface area contributed by atoms with E-state index in [1.807, 2.05) is 0 Å². The molecule has 0 saturated heterocycles. The normalized spacial score (nSPS) is 22.3. The zero-order valence-electron chi connectivity index (χ0n) is 14.8. The molecule has 1 aliphatic rings. The van der Waals surface area contributed by atoms with Crippen molar-refractivity contribution in [3.05, 3.63) is 71.8 Å². The minimum absolute atomic E-state index is 0.458. The lowest BCUT2D eigenvalue weighted by atomic mass is 9.65. The van der Waals surface area contributed by atoms with Crippen LogP contribution in [0.3, 0.4) is 0 Å². The van der Waals surface area contributed by atoms with E-state index in [4.69, 9.17) is 0 Å². The summed E-state index contributed by atoms with van der Waals surface area (Å²) in [4.78, 5) is 0. The van der Waals surface area contributed by atoms with Crippen LogP contribution < -0.4 is 0 Å². The molecule has 0 spiro atoms. The molecule has 0 heterocycles. The average molecular weight is 306 g/mol. The largest absolute Gasteiger partial charge is 0.0622 e. The lowest BCUT2D eigenvalue weighted by Gasteiger charge is -2.40. The Labute approximate surface area is 141 Å². The SMILES string of the molecule is CC(C)(C)C1CCC(C(c2ccccc2)c2ccccc2)CC1. The zero-order valence-corrected chi connectivity index (χ0v) is 14.8. The third-order valence-electron chi connectivity index (χ3n) is 5.79. The van der Waals surface area contributed by atoms with Crippen LogP contribution in [0.1, 0.15) is 63.5 Å². The summed E-state index contributed by atoms with van der Waals surface area (Å²) >= 11 is 0. The quantitative estimate of drug-likeness (QED) is 0.594. The smallest absolute Gasteiger partial charge is 0.0118 e. The molecular formula is C23H30. The van der Waals surface area contributed by atoms with Crippen LogP contribution in [-0.4, -0.2) is 0 Å². The number of hydrogen-bond donors (Lipinski definition) is 0. The van der Waals surface area contributed by atoms with Crippen molar-refractivity contribution in [2.75, 3.05) is 0 Å². The fraction of sp³-hybridized carbons (Fsp3) is 0.478. The van der Waals surface area contributed by atoms with Crippen LogP contribution in [-0.2, 0) is 0 Å². The van der Waals surface area contributed by atoms with Crippen molar-refractivity contribution in [2.45, 2.75) is 52.4 Å². The van der Waals surface area contributed by atoms with E-state index in [1.165, 1.54) is 36.8 Å². The van der Waals surface area contributed by atoms with Crippen molar-refractivity contribution < 1.29 is 0 Å². The van der Waals surface area contributed by atoms with Crippen LogP contribution in [0.4, 0.5) is 0 Å². The highest BCUT2D eigenvalue weighted by Gasteiger charge is 2.33. The fourth-order valence-electron chi connectivity index (χ4n) is 4.38. The molecule has 1 saturated carbocycles. The maximum atomic E-state index is 2.41. The predicted molar refractivity (Wildman–Crippen MR) is 99.6 cm³/mol. The van der Waals surface area contributed by atoms with Gasteiger partial charge in [-0.1, -0.05) is 81.4 Å². The molecule has 23 heavy (non-hydrogen) atoms. The van der Waals surface area contributed by atoms with Gasteiger partial charge in [0.15, 0.2) is 0 Å². The monoisotopic (exact) mass is 306 g/mol. The van der Waals surface area contributed by atoms with E-state index in [0.717, 1.165) is 11.8 Å². The van der Waals surface area contributed by atoms with E-state index >= 15 is 0 Å². The molecule has 0 amide bonds. The van der Waals surface area contributed by atoms with Gasteiger partial charge >= 0.3 is 0 Å². The van der Waals surface area contributed by atoms with E-state index in [-0.39, 0.29) is 0 Å². The average Bonchev–Trinajstić information content (AvgIpc) is 2.57. The van der Waals surface area contributed by atoms with Crippen LogP contribution in [0, 0.1) is 17.3 Å². The minimum atomic E-state index is 0.458. The Hall–Kier alpha value is -1.56. The molecule has 0 bridgehead atoms. The summed E-state index contributed by atoms with van der Waals surface area (Å²) in [6.45, 7) is 7.22. The van der Waals surface area contributed by atoms with E-state index in [1.54, 1.807) is 0 Å². The molecule has 0 aliphatic heterocycles. The molecule has 0 radical (unpaired) electrons. The Morgan fingerprint density at radius 1 is 0.696 bits per heavy atom. The number of benzene rings is 2. The summed E-state index contributed by atoms with van der Waals surface area (Å²) in [5.41, 5.74) is 3.43. The number of rotatable bonds is 3. The summed E-state index contributed by atoms with van der Waals surface area (Å²) < 4.78 is 0. The molecule has 1 aliphatic carbocycles. The Morgan fingerprint density at radius 3 is 1.52 bits per heavy atom. The molecule has 2 aromatic carbocycles. The molecule has 0 atom stereocenters. The first kappa shape index (κ1) is 16.3. The first-order valence-corrected chi connectivity index (χ1v) is 9.15. The molecule has 122 valence electrons. The van der Waals surface area contributed by atoms with Gasteiger partial charge in [0.1, 0.15) is 0 Å². The third-order valence-corrected chi connectivity index (χ3v) is 5.79. The van der Waals surface area contributed by atoms with Crippen molar-refractivity contribution in [1.29, 1.82) is 0 Å². The summed E-state index contributed by atoms with van der Waals surface area (Å²) in [6.07, 6.45) is 5.47. The van der Waals surface area contributed by atoms with E-state index in [2.05, 4.69) is 81.4 Å². The lowest BCUT2D eigenvalue weighted by molar-refractivity contribution is 0.144. The molecule has 0 heteroatoms. The van der Waals surface area contributed by atoms with Gasteiger partial charge in [-0.15, -0.1) is 0 Å². The summed E-state index contributed by atoms with van der Waals surface area (Å²) in [5, 5.41) is 0. The van der Waals surface area contributed by atoms with Crippen molar-refractivity contribution in [3.63, 3.8) is 0 Å². The number of hydrogen-bond acceptors (Lipinski definition) is 0. The second-order valence-electron chi connectivity index (χ2n) is 8.28.